The molecule has 0 spiro atoms. The van der Waals surface area contributed by atoms with Crippen LogP contribution >= 0.6 is 23.1 Å². The first-order chi connectivity index (χ1) is 10.2. The Morgan fingerprint density at radius 2 is 2.38 bits per heavy atom. The van der Waals surface area contributed by atoms with Gasteiger partial charge >= 0.3 is 0 Å². The van der Waals surface area contributed by atoms with Gasteiger partial charge in [0.25, 0.3) is 5.56 Å². The van der Waals surface area contributed by atoms with Gasteiger partial charge in [0.1, 0.15) is 10.7 Å². The summed E-state index contributed by atoms with van der Waals surface area (Å²) in [4.78, 5) is 22.2. The highest BCUT2D eigenvalue weighted by Crippen LogP contribution is 2.35. The van der Waals surface area contributed by atoms with E-state index in [1.807, 2.05) is 0 Å². The second-order valence-electron chi connectivity index (χ2n) is 5.62. The highest BCUT2D eigenvalue weighted by molar-refractivity contribution is 7.18. The number of nitrogens with one attached hydrogen (secondary N) is 1. The van der Waals surface area contributed by atoms with Crippen molar-refractivity contribution >= 4 is 33.3 Å². The van der Waals surface area contributed by atoms with Crippen LogP contribution in [-0.2, 0) is 19.3 Å². The highest BCUT2D eigenvalue weighted by atomic mass is 32.1. The maximum absolute atomic E-state index is 12.4. The van der Waals surface area contributed by atoms with Gasteiger partial charge in [0.15, 0.2) is 0 Å². The van der Waals surface area contributed by atoms with Crippen molar-refractivity contribution in [2.75, 3.05) is 0 Å². The van der Waals surface area contributed by atoms with E-state index in [4.69, 9.17) is 0 Å². The lowest BCUT2D eigenvalue weighted by Crippen LogP contribution is -2.14. The van der Waals surface area contributed by atoms with Crippen molar-refractivity contribution in [1.29, 1.82) is 0 Å². The number of hydrogen-bond acceptors (Lipinski definition) is 6. The molecule has 1 aliphatic rings. The zero-order valence-corrected chi connectivity index (χ0v) is 13.2. The van der Waals surface area contributed by atoms with E-state index < -0.39 is 0 Å². The molecule has 5 nitrogen and oxygen atoms in total. The van der Waals surface area contributed by atoms with Crippen LogP contribution in [0.2, 0.25) is 0 Å². The summed E-state index contributed by atoms with van der Waals surface area (Å²) in [5, 5.41) is 0.807. The molecule has 21 heavy (non-hydrogen) atoms. The molecule has 108 valence electrons. The van der Waals surface area contributed by atoms with Gasteiger partial charge in [-0.3, -0.25) is 4.79 Å². The van der Waals surface area contributed by atoms with Crippen molar-refractivity contribution in [2.45, 2.75) is 32.6 Å². The van der Waals surface area contributed by atoms with Crippen molar-refractivity contribution in [2.24, 2.45) is 5.92 Å². The second-order valence-corrected chi connectivity index (χ2v) is 7.26. The molecule has 1 N–H and O–H groups in total. The van der Waals surface area contributed by atoms with Crippen LogP contribution in [-0.4, -0.2) is 18.7 Å². The summed E-state index contributed by atoms with van der Waals surface area (Å²) in [7, 11) is 0. The molecular formula is C14H14N4OS2. The number of aromatic nitrogens is 4. The Kier molecular flexibility index (Phi) is 3.11. The molecule has 3 heterocycles. The molecule has 0 aliphatic heterocycles. The molecular weight excluding hydrogens is 304 g/mol. The quantitative estimate of drug-likeness (QED) is 0.788. The summed E-state index contributed by atoms with van der Waals surface area (Å²) >= 11 is 2.85. The predicted molar refractivity (Wildman–Crippen MR) is 84.1 cm³/mol. The number of H-pyrrole nitrogens is 1. The molecule has 0 fully saturated rings. The van der Waals surface area contributed by atoms with E-state index in [0.29, 0.717) is 18.2 Å². The van der Waals surface area contributed by atoms with Crippen LogP contribution in [0.3, 0.4) is 0 Å². The first-order valence-corrected chi connectivity index (χ1v) is 8.55. The fourth-order valence-electron chi connectivity index (χ4n) is 2.91. The third kappa shape index (κ3) is 2.30. The highest BCUT2D eigenvalue weighted by Gasteiger charge is 2.23. The summed E-state index contributed by atoms with van der Waals surface area (Å²) in [5.74, 6) is 1.37. The van der Waals surface area contributed by atoms with E-state index in [0.717, 1.165) is 35.2 Å². The van der Waals surface area contributed by atoms with Crippen molar-refractivity contribution in [1.82, 2.24) is 18.7 Å². The Morgan fingerprint density at radius 3 is 3.19 bits per heavy atom. The van der Waals surface area contributed by atoms with E-state index in [9.17, 15) is 4.79 Å². The zero-order valence-electron chi connectivity index (χ0n) is 11.5. The summed E-state index contributed by atoms with van der Waals surface area (Å²) < 4.78 is 8.15. The van der Waals surface area contributed by atoms with Gasteiger partial charge in [-0.25, -0.2) is 4.98 Å². The van der Waals surface area contributed by atoms with Crippen LogP contribution in [0, 0.1) is 5.92 Å². The molecule has 3 aromatic rings. The second kappa shape index (κ2) is 4.99. The third-order valence-electron chi connectivity index (χ3n) is 3.97. The fraction of sp³-hybridized carbons (Fsp3) is 0.429. The molecule has 0 bridgehead atoms. The van der Waals surface area contributed by atoms with Gasteiger partial charge in [-0.1, -0.05) is 6.92 Å². The number of thiophene rings is 1. The Hall–Kier alpha value is -1.60. The summed E-state index contributed by atoms with van der Waals surface area (Å²) in [6, 6.07) is 0. The predicted octanol–water partition coefficient (Wildman–Crippen LogP) is 2.55. The zero-order chi connectivity index (χ0) is 14.4. The van der Waals surface area contributed by atoms with Gasteiger partial charge in [-0.05, 0) is 30.7 Å². The van der Waals surface area contributed by atoms with Gasteiger partial charge in [0.05, 0.1) is 35.4 Å². The van der Waals surface area contributed by atoms with Gasteiger partial charge in [0, 0.05) is 4.88 Å². The average Bonchev–Trinajstić information content (AvgIpc) is 3.05. The Labute approximate surface area is 129 Å². The van der Waals surface area contributed by atoms with Crippen molar-refractivity contribution in [3.8, 4) is 0 Å². The lowest BCUT2D eigenvalue weighted by atomic mass is 9.89. The smallest absolute Gasteiger partial charge is 0.259 e. The Bertz CT molecular complexity index is 850. The third-order valence-corrected chi connectivity index (χ3v) is 5.63. The van der Waals surface area contributed by atoms with Crippen LogP contribution in [0.25, 0.3) is 10.2 Å². The van der Waals surface area contributed by atoms with Gasteiger partial charge < -0.3 is 4.98 Å². The molecule has 0 unspecified atom stereocenters. The molecule has 1 aliphatic carbocycles. The molecule has 4 rings (SSSR count). The molecule has 7 heteroatoms. The maximum Gasteiger partial charge on any atom is 0.259 e. The minimum absolute atomic E-state index is 0.00904. The Morgan fingerprint density at radius 1 is 1.48 bits per heavy atom. The van der Waals surface area contributed by atoms with Crippen molar-refractivity contribution < 1.29 is 0 Å². The number of rotatable bonds is 2. The van der Waals surface area contributed by atoms with E-state index in [-0.39, 0.29) is 5.56 Å². The van der Waals surface area contributed by atoms with Gasteiger partial charge in [-0.15, -0.1) is 11.3 Å². The average molecular weight is 318 g/mol. The lowest BCUT2D eigenvalue weighted by Gasteiger charge is -2.17. The summed E-state index contributed by atoms with van der Waals surface area (Å²) in [6.07, 6.45) is 5.47. The number of aryl methyl sites for hydroxylation is 1. The first kappa shape index (κ1) is 13.1. The minimum Gasteiger partial charge on any atom is -0.310 e. The van der Waals surface area contributed by atoms with Gasteiger partial charge in [-0.2, -0.15) is 8.75 Å². The first-order valence-electron chi connectivity index (χ1n) is 7.00. The van der Waals surface area contributed by atoms with E-state index in [1.165, 1.54) is 22.2 Å². The SMILES string of the molecule is C[C@@H]1CCc2c(sc3nc(Cc4cnsn4)[nH]c(=O)c23)C1. The molecule has 0 saturated heterocycles. The van der Waals surface area contributed by atoms with Crippen LogP contribution in [0.5, 0.6) is 0 Å². The monoisotopic (exact) mass is 318 g/mol. The van der Waals surface area contributed by atoms with Crippen molar-refractivity contribution in [3.05, 3.63) is 38.5 Å². The molecule has 0 amide bonds. The van der Waals surface area contributed by atoms with Crippen molar-refractivity contribution in [3.63, 3.8) is 0 Å². The van der Waals surface area contributed by atoms with E-state index >= 15 is 0 Å². The van der Waals surface area contributed by atoms with Crippen LogP contribution in [0.15, 0.2) is 11.0 Å². The molecule has 0 saturated carbocycles. The number of hydrogen-bond donors (Lipinski definition) is 1. The Balaban J connectivity index is 1.82. The minimum atomic E-state index is -0.00904. The standard InChI is InChI=1S/C14H14N4OS2/c1-7-2-3-9-10(4-7)20-14-12(9)13(19)16-11(17-14)5-8-6-15-21-18-8/h6-7H,2-5H2,1H3,(H,16,17,19)/t7-/m1/s1. The number of aromatic amines is 1. The van der Waals surface area contributed by atoms with Crippen LogP contribution in [0.1, 0.15) is 35.3 Å². The topological polar surface area (TPSA) is 71.5 Å². The fourth-order valence-corrected chi connectivity index (χ4v) is 4.75. The van der Waals surface area contributed by atoms with E-state index in [1.54, 1.807) is 17.5 Å². The molecule has 0 aromatic carbocycles. The summed E-state index contributed by atoms with van der Waals surface area (Å²) in [6.45, 7) is 2.27. The lowest BCUT2D eigenvalue weighted by molar-refractivity contribution is 0.509. The summed E-state index contributed by atoms with van der Waals surface area (Å²) in [5.41, 5.74) is 2.06. The van der Waals surface area contributed by atoms with Gasteiger partial charge in [0.2, 0.25) is 0 Å². The molecule has 1 atom stereocenters. The van der Waals surface area contributed by atoms with Crippen LogP contribution < -0.4 is 5.56 Å². The largest absolute Gasteiger partial charge is 0.310 e. The normalized spacial score (nSPS) is 18.0. The number of nitrogens with zero attached hydrogens (tertiary/aromatic N) is 3. The van der Waals surface area contributed by atoms with Crippen LogP contribution in [0.4, 0.5) is 0 Å². The number of fused-ring (bicyclic) bond motifs is 3. The molecule has 0 radical (unpaired) electrons. The maximum atomic E-state index is 12.4. The van der Waals surface area contributed by atoms with E-state index in [2.05, 4.69) is 25.6 Å². The molecule has 3 aromatic heterocycles.